The normalized spacial score (nSPS) is 16.4. The van der Waals surface area contributed by atoms with Crippen molar-refractivity contribution in [3.05, 3.63) is 11.6 Å². The molecule has 1 aliphatic rings. The number of quaternary nitrogens is 1. The van der Waals surface area contributed by atoms with Crippen molar-refractivity contribution in [1.82, 2.24) is 10.6 Å². The summed E-state index contributed by atoms with van der Waals surface area (Å²) in [4.78, 5) is 25.0. The fourth-order valence-electron chi connectivity index (χ4n) is 2.79. The minimum atomic E-state index is -0.230. The summed E-state index contributed by atoms with van der Waals surface area (Å²) >= 11 is 0. The van der Waals surface area contributed by atoms with Crippen molar-refractivity contribution < 1.29 is 14.5 Å². The Labute approximate surface area is 140 Å². The van der Waals surface area contributed by atoms with Crippen LogP contribution in [0, 0.1) is 0 Å². The van der Waals surface area contributed by atoms with Gasteiger partial charge in [0.1, 0.15) is 0 Å². The lowest BCUT2D eigenvalue weighted by Gasteiger charge is -2.23. The van der Waals surface area contributed by atoms with Gasteiger partial charge >= 0.3 is 0 Å². The van der Waals surface area contributed by atoms with Crippen LogP contribution in [0.4, 0.5) is 0 Å². The van der Waals surface area contributed by atoms with Crippen molar-refractivity contribution in [2.24, 2.45) is 0 Å². The third kappa shape index (κ3) is 9.39. The Hall–Kier alpha value is -1.36. The van der Waals surface area contributed by atoms with Crippen LogP contribution in [-0.4, -0.2) is 43.5 Å². The third-order valence-electron chi connectivity index (χ3n) is 3.99. The minimum absolute atomic E-state index is 0.00508. The van der Waals surface area contributed by atoms with Gasteiger partial charge in [-0.2, -0.15) is 0 Å². The number of carbonyl (C=O) groups excluding carboxylic acids is 2. The number of likely N-dealkylation sites (N-methyl/N-ethyl adjacent to an activating group) is 1. The zero-order chi connectivity index (χ0) is 17.3. The number of rotatable bonds is 8. The first-order chi connectivity index (χ1) is 10.8. The second kappa shape index (κ2) is 9.71. The van der Waals surface area contributed by atoms with E-state index in [0.717, 1.165) is 17.9 Å². The molecule has 132 valence electrons. The van der Waals surface area contributed by atoms with Gasteiger partial charge in [0.15, 0.2) is 13.1 Å². The van der Waals surface area contributed by atoms with Gasteiger partial charge in [0.25, 0.3) is 11.8 Å². The van der Waals surface area contributed by atoms with Crippen LogP contribution in [0.1, 0.15) is 59.8 Å². The van der Waals surface area contributed by atoms with E-state index in [9.17, 15) is 9.59 Å². The largest absolute Gasteiger partial charge is 0.351 e. The first-order valence-electron chi connectivity index (χ1n) is 8.89. The van der Waals surface area contributed by atoms with Gasteiger partial charge in [-0.25, -0.2) is 0 Å². The van der Waals surface area contributed by atoms with Gasteiger partial charge in [0.05, 0.1) is 6.54 Å². The maximum Gasteiger partial charge on any atom is 0.275 e. The lowest BCUT2D eigenvalue weighted by molar-refractivity contribution is -0.881. The number of hydrogen-bond acceptors (Lipinski definition) is 2. The fraction of sp³-hybridized carbons (Fsp3) is 0.778. The average molecular weight is 324 g/mol. The molecule has 0 saturated heterocycles. The number of hydrogen-bond donors (Lipinski definition) is 3. The van der Waals surface area contributed by atoms with E-state index in [-0.39, 0.29) is 17.4 Å². The standard InChI is InChI=1S/C18H33N3O2/c1-5-21(14-17(23)20-18(2,3)4)13-16(22)19-12-11-15-9-7-6-8-10-15/h9H,5-8,10-14H2,1-4H3,(H,19,22)(H,20,23)/p+1. The van der Waals surface area contributed by atoms with Gasteiger partial charge in [0, 0.05) is 12.1 Å². The van der Waals surface area contributed by atoms with E-state index in [4.69, 9.17) is 0 Å². The molecule has 5 nitrogen and oxygen atoms in total. The summed E-state index contributed by atoms with van der Waals surface area (Å²) in [5.41, 5.74) is 1.24. The quantitative estimate of drug-likeness (QED) is 0.579. The Morgan fingerprint density at radius 3 is 2.43 bits per heavy atom. The van der Waals surface area contributed by atoms with Gasteiger partial charge in [-0.1, -0.05) is 11.6 Å². The summed E-state index contributed by atoms with van der Waals surface area (Å²) in [6, 6.07) is 0. The second-order valence-corrected chi connectivity index (χ2v) is 7.46. The molecule has 0 bridgehead atoms. The molecule has 0 saturated carbocycles. The highest BCUT2D eigenvalue weighted by atomic mass is 16.2. The van der Waals surface area contributed by atoms with Crippen molar-refractivity contribution in [3.8, 4) is 0 Å². The molecule has 1 aliphatic carbocycles. The van der Waals surface area contributed by atoms with Crippen LogP contribution in [0.25, 0.3) is 0 Å². The molecular formula is C18H34N3O2+. The lowest BCUT2D eigenvalue weighted by Crippen LogP contribution is -3.14. The summed E-state index contributed by atoms with van der Waals surface area (Å²) in [6.45, 7) is 10.0. The minimum Gasteiger partial charge on any atom is -0.351 e. The molecule has 0 aromatic rings. The van der Waals surface area contributed by atoms with Crippen molar-refractivity contribution in [1.29, 1.82) is 0 Å². The molecule has 3 N–H and O–H groups in total. The van der Waals surface area contributed by atoms with Crippen molar-refractivity contribution in [3.63, 3.8) is 0 Å². The summed E-state index contributed by atoms with van der Waals surface area (Å²) in [7, 11) is 0. The zero-order valence-corrected chi connectivity index (χ0v) is 15.3. The van der Waals surface area contributed by atoms with Crippen molar-refractivity contribution in [2.75, 3.05) is 26.2 Å². The number of allylic oxidation sites excluding steroid dienone is 1. The highest BCUT2D eigenvalue weighted by molar-refractivity contribution is 5.79. The van der Waals surface area contributed by atoms with Crippen LogP contribution in [0.3, 0.4) is 0 Å². The molecule has 0 radical (unpaired) electrons. The van der Waals surface area contributed by atoms with E-state index in [2.05, 4.69) is 16.7 Å². The lowest BCUT2D eigenvalue weighted by atomic mass is 9.97. The molecule has 0 aromatic carbocycles. The summed E-state index contributed by atoms with van der Waals surface area (Å²) < 4.78 is 0. The van der Waals surface area contributed by atoms with Gasteiger partial charge in [-0.05, 0) is 59.8 Å². The Kier molecular flexibility index (Phi) is 8.31. The van der Waals surface area contributed by atoms with Gasteiger partial charge < -0.3 is 15.5 Å². The Balaban J connectivity index is 2.27. The molecule has 2 amide bonds. The van der Waals surface area contributed by atoms with Crippen LogP contribution < -0.4 is 15.5 Å². The van der Waals surface area contributed by atoms with Crippen molar-refractivity contribution in [2.45, 2.75) is 65.3 Å². The summed E-state index contributed by atoms with van der Waals surface area (Å²) in [5, 5.41) is 5.93. The Bertz CT molecular complexity index is 424. The molecule has 0 spiro atoms. The third-order valence-corrected chi connectivity index (χ3v) is 3.99. The number of amides is 2. The summed E-state index contributed by atoms with van der Waals surface area (Å²) in [5.74, 6) is 0.0244. The molecule has 1 atom stereocenters. The predicted molar refractivity (Wildman–Crippen MR) is 93.3 cm³/mol. The molecule has 1 rings (SSSR count). The molecule has 23 heavy (non-hydrogen) atoms. The number of nitrogens with one attached hydrogen (secondary N) is 3. The second-order valence-electron chi connectivity index (χ2n) is 7.46. The maximum absolute atomic E-state index is 12.0. The first kappa shape index (κ1) is 19.7. The molecule has 0 fully saturated rings. The van der Waals surface area contributed by atoms with Crippen LogP contribution in [0.2, 0.25) is 0 Å². The topological polar surface area (TPSA) is 62.6 Å². The van der Waals surface area contributed by atoms with E-state index >= 15 is 0 Å². The molecular weight excluding hydrogens is 290 g/mol. The van der Waals surface area contributed by atoms with Gasteiger partial charge in [-0.15, -0.1) is 0 Å². The molecule has 0 heterocycles. The van der Waals surface area contributed by atoms with E-state index in [0.29, 0.717) is 19.6 Å². The molecule has 0 aromatic heterocycles. The van der Waals surface area contributed by atoms with Crippen LogP contribution in [0.5, 0.6) is 0 Å². The van der Waals surface area contributed by atoms with E-state index in [1.807, 2.05) is 27.7 Å². The predicted octanol–water partition coefficient (Wildman–Crippen LogP) is 0.813. The molecule has 1 unspecified atom stereocenters. The highest BCUT2D eigenvalue weighted by Gasteiger charge is 2.20. The maximum atomic E-state index is 12.0. The SMILES string of the molecule is CC[NH+](CC(=O)NCCC1=CCCCC1)CC(=O)NC(C)(C)C. The van der Waals surface area contributed by atoms with Crippen LogP contribution >= 0.6 is 0 Å². The van der Waals surface area contributed by atoms with E-state index in [1.165, 1.54) is 31.3 Å². The monoisotopic (exact) mass is 324 g/mol. The smallest absolute Gasteiger partial charge is 0.275 e. The Morgan fingerprint density at radius 1 is 1.17 bits per heavy atom. The zero-order valence-electron chi connectivity index (χ0n) is 15.3. The highest BCUT2D eigenvalue weighted by Crippen LogP contribution is 2.19. The fourth-order valence-corrected chi connectivity index (χ4v) is 2.79. The average Bonchev–Trinajstić information content (AvgIpc) is 2.45. The van der Waals surface area contributed by atoms with Crippen LogP contribution in [-0.2, 0) is 9.59 Å². The summed E-state index contributed by atoms with van der Waals surface area (Å²) in [6.07, 6.45) is 8.20. The van der Waals surface area contributed by atoms with Gasteiger partial charge in [0.2, 0.25) is 0 Å². The van der Waals surface area contributed by atoms with E-state index < -0.39 is 0 Å². The first-order valence-corrected chi connectivity index (χ1v) is 8.89. The Morgan fingerprint density at radius 2 is 1.87 bits per heavy atom. The number of carbonyl (C=O) groups is 2. The molecule has 0 aliphatic heterocycles. The van der Waals surface area contributed by atoms with Crippen molar-refractivity contribution >= 4 is 11.8 Å². The molecule has 5 heteroatoms. The van der Waals surface area contributed by atoms with E-state index in [1.54, 1.807) is 0 Å². The van der Waals surface area contributed by atoms with Gasteiger partial charge in [-0.3, -0.25) is 9.59 Å². The van der Waals surface area contributed by atoms with Crippen LogP contribution in [0.15, 0.2) is 11.6 Å².